The van der Waals surface area contributed by atoms with Gasteiger partial charge in [0.25, 0.3) is 0 Å². The minimum atomic E-state index is -0.502. The second-order valence-corrected chi connectivity index (χ2v) is 8.41. The van der Waals surface area contributed by atoms with Gasteiger partial charge in [0.05, 0.1) is 20.0 Å². The SMILES string of the molecule is CCCNC(=O)[C@@H](CC)N(Cc1ccc(OC)cc1)C(=O)CSCc1ccc(OC)cc1. The second kappa shape index (κ2) is 13.7. The van der Waals surface area contributed by atoms with Crippen molar-refractivity contribution in [2.45, 2.75) is 45.0 Å². The van der Waals surface area contributed by atoms with Crippen LogP contribution in [-0.4, -0.2) is 49.3 Å². The summed E-state index contributed by atoms with van der Waals surface area (Å²) in [5.74, 6) is 2.44. The van der Waals surface area contributed by atoms with E-state index >= 15 is 0 Å². The van der Waals surface area contributed by atoms with Gasteiger partial charge in [0.15, 0.2) is 0 Å². The summed E-state index contributed by atoms with van der Waals surface area (Å²) in [6, 6.07) is 14.9. The molecule has 1 atom stereocenters. The van der Waals surface area contributed by atoms with Crippen LogP contribution in [0.4, 0.5) is 0 Å². The molecule has 0 bridgehead atoms. The Hall–Kier alpha value is -2.67. The molecule has 0 aliphatic carbocycles. The number of benzene rings is 2. The number of hydrogen-bond donors (Lipinski definition) is 1. The lowest BCUT2D eigenvalue weighted by molar-refractivity contribution is -0.139. The van der Waals surface area contributed by atoms with Crippen LogP contribution in [0.3, 0.4) is 0 Å². The summed E-state index contributed by atoms with van der Waals surface area (Å²) in [4.78, 5) is 27.7. The maximum Gasteiger partial charge on any atom is 0.242 e. The van der Waals surface area contributed by atoms with Crippen molar-refractivity contribution in [2.24, 2.45) is 0 Å². The molecule has 0 radical (unpaired) electrons. The summed E-state index contributed by atoms with van der Waals surface area (Å²) in [5.41, 5.74) is 2.08. The Morgan fingerprint density at radius 1 is 0.938 bits per heavy atom. The number of hydrogen-bond acceptors (Lipinski definition) is 5. The number of methoxy groups -OCH3 is 2. The quantitative estimate of drug-likeness (QED) is 0.486. The van der Waals surface area contributed by atoms with Crippen molar-refractivity contribution in [3.63, 3.8) is 0 Å². The predicted octanol–water partition coefficient (Wildman–Crippen LogP) is 4.27. The molecule has 6 nitrogen and oxygen atoms in total. The van der Waals surface area contributed by atoms with Gasteiger partial charge in [-0.2, -0.15) is 0 Å². The fraction of sp³-hybridized carbons (Fsp3) is 0.440. The minimum absolute atomic E-state index is 0.0437. The van der Waals surface area contributed by atoms with Gasteiger partial charge in [0, 0.05) is 18.8 Å². The number of nitrogens with one attached hydrogen (secondary N) is 1. The predicted molar refractivity (Wildman–Crippen MR) is 130 cm³/mol. The van der Waals surface area contributed by atoms with Crippen LogP contribution in [0.15, 0.2) is 48.5 Å². The van der Waals surface area contributed by atoms with Gasteiger partial charge in [-0.3, -0.25) is 9.59 Å². The lowest BCUT2D eigenvalue weighted by Crippen LogP contribution is -2.49. The Balaban J connectivity index is 2.09. The van der Waals surface area contributed by atoms with Gasteiger partial charge in [-0.05, 0) is 48.2 Å². The van der Waals surface area contributed by atoms with Crippen molar-refractivity contribution >= 4 is 23.6 Å². The normalized spacial score (nSPS) is 11.5. The highest BCUT2D eigenvalue weighted by Gasteiger charge is 2.28. The van der Waals surface area contributed by atoms with Gasteiger partial charge in [-0.25, -0.2) is 0 Å². The molecule has 174 valence electrons. The van der Waals surface area contributed by atoms with Crippen LogP contribution >= 0.6 is 11.8 Å². The first-order valence-electron chi connectivity index (χ1n) is 10.9. The molecule has 2 amide bonds. The first-order valence-corrected chi connectivity index (χ1v) is 12.1. The highest BCUT2D eigenvalue weighted by molar-refractivity contribution is 7.99. The smallest absolute Gasteiger partial charge is 0.242 e. The average molecular weight is 459 g/mol. The summed E-state index contributed by atoms with van der Waals surface area (Å²) in [6.45, 7) is 4.93. The Kier molecular flexibility index (Phi) is 10.9. The van der Waals surface area contributed by atoms with Crippen molar-refractivity contribution in [3.8, 4) is 11.5 Å². The number of nitrogens with zero attached hydrogens (tertiary/aromatic N) is 1. The van der Waals surface area contributed by atoms with Gasteiger partial charge in [0.2, 0.25) is 11.8 Å². The number of ether oxygens (including phenoxy) is 2. The molecule has 2 aromatic rings. The van der Waals surface area contributed by atoms with Crippen LogP contribution in [0.25, 0.3) is 0 Å². The standard InChI is InChI=1S/C25H34N2O4S/c1-5-15-26-25(29)23(6-2)27(16-19-7-11-21(30-3)12-8-19)24(28)18-32-17-20-9-13-22(31-4)14-10-20/h7-14,23H,5-6,15-18H2,1-4H3,(H,26,29)/t23-/m1/s1. The van der Waals surface area contributed by atoms with Gasteiger partial charge < -0.3 is 19.7 Å². The van der Waals surface area contributed by atoms with Crippen LogP contribution in [-0.2, 0) is 21.9 Å². The first kappa shape index (κ1) is 25.6. The zero-order valence-corrected chi connectivity index (χ0v) is 20.2. The van der Waals surface area contributed by atoms with Gasteiger partial charge in [-0.15, -0.1) is 11.8 Å². The molecule has 0 heterocycles. The van der Waals surface area contributed by atoms with Crippen molar-refractivity contribution in [1.29, 1.82) is 0 Å². The van der Waals surface area contributed by atoms with Gasteiger partial charge in [-0.1, -0.05) is 38.1 Å². The highest BCUT2D eigenvalue weighted by Crippen LogP contribution is 2.20. The fourth-order valence-electron chi connectivity index (χ4n) is 3.27. The number of rotatable bonds is 13. The Morgan fingerprint density at radius 3 is 2.00 bits per heavy atom. The summed E-state index contributed by atoms with van der Waals surface area (Å²) in [7, 11) is 3.26. The van der Waals surface area contributed by atoms with E-state index < -0.39 is 6.04 Å². The maximum absolute atomic E-state index is 13.2. The molecular formula is C25H34N2O4S. The molecule has 2 rings (SSSR count). The summed E-state index contributed by atoms with van der Waals surface area (Å²) < 4.78 is 10.4. The molecule has 0 unspecified atom stereocenters. The van der Waals surface area contributed by atoms with Gasteiger partial charge in [0.1, 0.15) is 17.5 Å². The fourth-order valence-corrected chi connectivity index (χ4v) is 4.14. The van der Waals surface area contributed by atoms with E-state index in [4.69, 9.17) is 9.47 Å². The van der Waals surface area contributed by atoms with E-state index in [0.717, 1.165) is 29.0 Å². The number of thioether (sulfide) groups is 1. The van der Waals surface area contributed by atoms with Crippen molar-refractivity contribution in [1.82, 2.24) is 10.2 Å². The molecule has 0 saturated carbocycles. The number of amides is 2. The van der Waals surface area contributed by atoms with Crippen LogP contribution in [0, 0.1) is 0 Å². The van der Waals surface area contributed by atoms with Crippen LogP contribution < -0.4 is 14.8 Å². The zero-order valence-electron chi connectivity index (χ0n) is 19.4. The molecule has 32 heavy (non-hydrogen) atoms. The summed E-state index contributed by atoms with van der Waals surface area (Å²) in [6.07, 6.45) is 1.41. The molecule has 0 spiro atoms. The molecule has 0 fully saturated rings. The highest BCUT2D eigenvalue weighted by atomic mass is 32.2. The molecule has 0 aliphatic heterocycles. The van der Waals surface area contributed by atoms with Crippen LogP contribution in [0.2, 0.25) is 0 Å². The Bertz CT molecular complexity index is 840. The Labute approximate surface area is 195 Å². The minimum Gasteiger partial charge on any atom is -0.497 e. The van der Waals surface area contributed by atoms with E-state index in [1.54, 1.807) is 30.9 Å². The topological polar surface area (TPSA) is 67.9 Å². The van der Waals surface area contributed by atoms with Crippen molar-refractivity contribution in [2.75, 3.05) is 26.5 Å². The number of carbonyl (C=O) groups is 2. The van der Waals surface area contributed by atoms with Crippen LogP contribution in [0.5, 0.6) is 11.5 Å². The molecule has 0 aromatic heterocycles. The van der Waals surface area contributed by atoms with E-state index in [0.29, 0.717) is 31.0 Å². The third-order valence-electron chi connectivity index (χ3n) is 5.10. The van der Waals surface area contributed by atoms with Crippen LogP contribution in [0.1, 0.15) is 37.8 Å². The lowest BCUT2D eigenvalue weighted by atomic mass is 10.1. The molecule has 0 saturated heterocycles. The monoisotopic (exact) mass is 458 g/mol. The number of carbonyl (C=O) groups excluding carboxylic acids is 2. The summed E-state index contributed by atoms with van der Waals surface area (Å²) in [5, 5.41) is 2.94. The average Bonchev–Trinajstić information content (AvgIpc) is 2.83. The van der Waals surface area contributed by atoms with Crippen molar-refractivity contribution < 1.29 is 19.1 Å². The summed E-state index contributed by atoms with van der Waals surface area (Å²) >= 11 is 1.55. The zero-order chi connectivity index (χ0) is 23.3. The third-order valence-corrected chi connectivity index (χ3v) is 6.09. The van der Waals surface area contributed by atoms with E-state index in [1.807, 2.05) is 62.4 Å². The Morgan fingerprint density at radius 2 is 1.50 bits per heavy atom. The largest absolute Gasteiger partial charge is 0.497 e. The third kappa shape index (κ3) is 7.79. The van der Waals surface area contributed by atoms with Crippen molar-refractivity contribution in [3.05, 3.63) is 59.7 Å². The lowest BCUT2D eigenvalue weighted by Gasteiger charge is -2.30. The van der Waals surface area contributed by atoms with E-state index in [9.17, 15) is 9.59 Å². The van der Waals surface area contributed by atoms with E-state index in [-0.39, 0.29) is 11.8 Å². The maximum atomic E-state index is 13.2. The molecular weight excluding hydrogens is 424 g/mol. The van der Waals surface area contributed by atoms with E-state index in [2.05, 4.69) is 5.32 Å². The molecule has 0 aliphatic rings. The molecule has 7 heteroatoms. The van der Waals surface area contributed by atoms with E-state index in [1.165, 1.54) is 0 Å². The molecule has 2 aromatic carbocycles. The second-order valence-electron chi connectivity index (χ2n) is 7.43. The first-order chi connectivity index (χ1) is 15.5. The van der Waals surface area contributed by atoms with Gasteiger partial charge >= 0.3 is 0 Å². The molecule has 1 N–H and O–H groups in total.